The molecule has 1 aliphatic rings. The molecule has 18 heavy (non-hydrogen) atoms. The van der Waals surface area contributed by atoms with Gasteiger partial charge < -0.3 is 15.0 Å². The lowest BCUT2D eigenvalue weighted by atomic mass is 10.1. The number of ether oxygens (including phenoxy) is 1. The van der Waals surface area contributed by atoms with Crippen molar-refractivity contribution >= 4 is 11.6 Å². The van der Waals surface area contributed by atoms with E-state index < -0.39 is 0 Å². The van der Waals surface area contributed by atoms with Crippen LogP contribution in [0.4, 0.5) is 5.69 Å². The first-order valence-electron chi connectivity index (χ1n) is 6.28. The Labute approximate surface area is 108 Å². The van der Waals surface area contributed by atoms with Gasteiger partial charge >= 0.3 is 0 Å². The molecule has 1 saturated heterocycles. The minimum atomic E-state index is 0.111. The number of rotatable bonds is 5. The smallest absolute Gasteiger partial charge is 0.220 e. The van der Waals surface area contributed by atoms with Gasteiger partial charge in [0.05, 0.1) is 19.3 Å². The Morgan fingerprint density at radius 3 is 2.50 bits per heavy atom. The molecule has 0 radical (unpaired) electrons. The second-order valence-electron chi connectivity index (χ2n) is 4.86. The van der Waals surface area contributed by atoms with E-state index in [-0.39, 0.29) is 11.9 Å². The van der Waals surface area contributed by atoms with Crippen molar-refractivity contribution in [2.24, 2.45) is 0 Å². The van der Waals surface area contributed by atoms with Gasteiger partial charge in [0.15, 0.2) is 0 Å². The maximum absolute atomic E-state index is 11.6. The highest BCUT2D eigenvalue weighted by Crippen LogP contribution is 2.13. The second-order valence-corrected chi connectivity index (χ2v) is 4.86. The van der Waals surface area contributed by atoms with Gasteiger partial charge in [0.1, 0.15) is 0 Å². The Morgan fingerprint density at radius 1 is 1.33 bits per heavy atom. The van der Waals surface area contributed by atoms with E-state index in [0.29, 0.717) is 19.6 Å². The predicted octanol–water partition coefficient (Wildman–Crippen LogP) is 1.20. The molecule has 1 N–H and O–H groups in total. The lowest BCUT2D eigenvalue weighted by Crippen LogP contribution is -2.48. The van der Waals surface area contributed by atoms with Gasteiger partial charge in [0, 0.05) is 26.2 Å². The van der Waals surface area contributed by atoms with E-state index in [2.05, 4.69) is 34.5 Å². The highest BCUT2D eigenvalue weighted by atomic mass is 16.5. The third-order valence-corrected chi connectivity index (χ3v) is 3.10. The molecule has 4 nitrogen and oxygen atoms in total. The molecule has 0 bridgehead atoms. The first-order valence-corrected chi connectivity index (χ1v) is 6.28. The zero-order chi connectivity index (χ0) is 13.0. The largest absolute Gasteiger partial charge is 0.378 e. The highest BCUT2D eigenvalue weighted by Gasteiger charge is 2.19. The Kier molecular flexibility index (Phi) is 4.20. The Hall–Kier alpha value is -1.55. The van der Waals surface area contributed by atoms with Gasteiger partial charge in [0.25, 0.3) is 0 Å². The first-order chi connectivity index (χ1) is 8.65. The van der Waals surface area contributed by atoms with E-state index in [1.165, 1.54) is 11.3 Å². The maximum Gasteiger partial charge on any atom is 0.220 e. The average molecular weight is 248 g/mol. The molecule has 1 aromatic rings. The zero-order valence-electron chi connectivity index (χ0n) is 11.0. The Bertz CT molecular complexity index is 397. The standard InChI is InChI=1S/C14H20N2O2/c1-16(2)13-6-3-11(4-7-13)5-8-14(17)15-12-9-18-10-12/h3-4,6-7,12H,5,8-10H2,1-2H3,(H,15,17). The number of hydrogen-bond acceptors (Lipinski definition) is 3. The van der Waals surface area contributed by atoms with E-state index in [9.17, 15) is 4.79 Å². The van der Waals surface area contributed by atoms with Crippen LogP contribution in [0.3, 0.4) is 0 Å². The number of anilines is 1. The molecule has 1 amide bonds. The number of hydrogen-bond donors (Lipinski definition) is 1. The number of carbonyl (C=O) groups is 1. The molecule has 1 aliphatic heterocycles. The summed E-state index contributed by atoms with van der Waals surface area (Å²) in [5.41, 5.74) is 2.37. The van der Waals surface area contributed by atoms with E-state index in [4.69, 9.17) is 4.74 Å². The fraction of sp³-hybridized carbons (Fsp3) is 0.500. The van der Waals surface area contributed by atoms with Crippen molar-refractivity contribution in [3.8, 4) is 0 Å². The van der Waals surface area contributed by atoms with Crippen molar-refractivity contribution < 1.29 is 9.53 Å². The van der Waals surface area contributed by atoms with Crippen molar-refractivity contribution in [3.05, 3.63) is 29.8 Å². The van der Waals surface area contributed by atoms with Crippen LogP contribution >= 0.6 is 0 Å². The summed E-state index contributed by atoms with van der Waals surface area (Å²) in [5.74, 6) is 0.111. The molecular formula is C14H20N2O2. The van der Waals surface area contributed by atoms with Crippen LogP contribution in [-0.4, -0.2) is 39.3 Å². The maximum atomic E-state index is 11.6. The molecule has 0 saturated carbocycles. The van der Waals surface area contributed by atoms with Gasteiger partial charge in [0.2, 0.25) is 5.91 Å². The molecule has 1 heterocycles. The fourth-order valence-electron chi connectivity index (χ4n) is 1.84. The number of aryl methyl sites for hydroxylation is 1. The topological polar surface area (TPSA) is 41.6 Å². The average Bonchev–Trinajstić information content (AvgIpc) is 2.32. The van der Waals surface area contributed by atoms with Crippen LogP contribution in [-0.2, 0) is 16.0 Å². The molecule has 1 fully saturated rings. The summed E-state index contributed by atoms with van der Waals surface area (Å²) in [6.07, 6.45) is 1.32. The van der Waals surface area contributed by atoms with Gasteiger partial charge in [-0.2, -0.15) is 0 Å². The number of carbonyl (C=O) groups excluding carboxylic acids is 1. The highest BCUT2D eigenvalue weighted by molar-refractivity contribution is 5.76. The molecule has 1 aromatic carbocycles. The molecule has 4 heteroatoms. The third kappa shape index (κ3) is 3.47. The van der Waals surface area contributed by atoms with Gasteiger partial charge in [-0.25, -0.2) is 0 Å². The van der Waals surface area contributed by atoms with Crippen LogP contribution in [0, 0.1) is 0 Å². The minimum Gasteiger partial charge on any atom is -0.378 e. The monoisotopic (exact) mass is 248 g/mol. The van der Waals surface area contributed by atoms with E-state index in [1.807, 2.05) is 14.1 Å². The first kappa shape index (κ1) is 12.9. The molecule has 0 spiro atoms. The van der Waals surface area contributed by atoms with Gasteiger partial charge in [-0.15, -0.1) is 0 Å². The van der Waals surface area contributed by atoms with Gasteiger partial charge in [-0.3, -0.25) is 4.79 Å². The van der Waals surface area contributed by atoms with Crippen LogP contribution in [0.25, 0.3) is 0 Å². The molecule has 0 aliphatic carbocycles. The molecule has 0 atom stereocenters. The van der Waals surface area contributed by atoms with E-state index >= 15 is 0 Å². The molecule has 2 rings (SSSR count). The van der Waals surface area contributed by atoms with Crippen LogP contribution in [0.1, 0.15) is 12.0 Å². The molecule has 0 aromatic heterocycles. The summed E-state index contributed by atoms with van der Waals surface area (Å²) in [5, 5.41) is 2.94. The van der Waals surface area contributed by atoms with Crippen LogP contribution in [0.5, 0.6) is 0 Å². The summed E-state index contributed by atoms with van der Waals surface area (Å²) in [6.45, 7) is 1.31. The lowest BCUT2D eigenvalue weighted by molar-refractivity contribution is -0.125. The van der Waals surface area contributed by atoms with Crippen molar-refractivity contribution in [1.82, 2.24) is 5.32 Å². The third-order valence-electron chi connectivity index (χ3n) is 3.10. The summed E-state index contributed by atoms with van der Waals surface area (Å²) in [6, 6.07) is 8.54. The SMILES string of the molecule is CN(C)c1ccc(CCC(=O)NC2COC2)cc1. The summed E-state index contributed by atoms with van der Waals surface area (Å²) in [7, 11) is 4.03. The van der Waals surface area contributed by atoms with E-state index in [0.717, 1.165) is 6.42 Å². The number of nitrogens with zero attached hydrogens (tertiary/aromatic N) is 1. The van der Waals surface area contributed by atoms with Gasteiger partial charge in [-0.1, -0.05) is 12.1 Å². The fourth-order valence-corrected chi connectivity index (χ4v) is 1.84. The number of amides is 1. The second kappa shape index (κ2) is 5.87. The Balaban J connectivity index is 1.76. The normalized spacial score (nSPS) is 15.0. The molecule has 0 unspecified atom stereocenters. The quantitative estimate of drug-likeness (QED) is 0.851. The number of benzene rings is 1. The van der Waals surface area contributed by atoms with E-state index in [1.54, 1.807) is 0 Å². The van der Waals surface area contributed by atoms with Crippen LogP contribution < -0.4 is 10.2 Å². The molecule has 98 valence electrons. The minimum absolute atomic E-state index is 0.111. The van der Waals surface area contributed by atoms with Crippen molar-refractivity contribution in [1.29, 1.82) is 0 Å². The summed E-state index contributed by atoms with van der Waals surface area (Å²) < 4.78 is 5.01. The predicted molar refractivity (Wildman–Crippen MR) is 71.8 cm³/mol. The van der Waals surface area contributed by atoms with Crippen molar-refractivity contribution in [3.63, 3.8) is 0 Å². The Morgan fingerprint density at radius 2 is 2.00 bits per heavy atom. The summed E-state index contributed by atoms with van der Waals surface area (Å²) in [4.78, 5) is 13.7. The van der Waals surface area contributed by atoms with Crippen molar-refractivity contribution in [2.45, 2.75) is 18.9 Å². The van der Waals surface area contributed by atoms with Crippen LogP contribution in [0.2, 0.25) is 0 Å². The van der Waals surface area contributed by atoms with Crippen LogP contribution in [0.15, 0.2) is 24.3 Å². The summed E-state index contributed by atoms with van der Waals surface area (Å²) >= 11 is 0. The number of nitrogens with one attached hydrogen (secondary N) is 1. The lowest BCUT2D eigenvalue weighted by Gasteiger charge is -2.26. The van der Waals surface area contributed by atoms with Crippen molar-refractivity contribution in [2.75, 3.05) is 32.2 Å². The molecular weight excluding hydrogens is 228 g/mol. The zero-order valence-corrected chi connectivity index (χ0v) is 11.0. The van der Waals surface area contributed by atoms with Gasteiger partial charge in [-0.05, 0) is 24.1 Å².